The number of aromatic nitrogens is 4. The fraction of sp³-hybridized carbons (Fsp3) is 0.471. The minimum atomic E-state index is 0.411. The summed E-state index contributed by atoms with van der Waals surface area (Å²) in [4.78, 5) is 3.16. The highest BCUT2D eigenvalue weighted by molar-refractivity contribution is 7.19. The van der Waals surface area contributed by atoms with Crippen LogP contribution in [-0.4, -0.2) is 59.1 Å². The zero-order chi connectivity index (χ0) is 17.4. The Labute approximate surface area is 150 Å². The SMILES string of the molecule is COc1cccc(-c2nn3c(C4CCN(C)CC4)nnc3s2)c1OC. The first-order chi connectivity index (χ1) is 12.2. The molecule has 7 nitrogen and oxygen atoms in total. The van der Waals surface area contributed by atoms with Gasteiger partial charge in [-0.2, -0.15) is 9.61 Å². The van der Waals surface area contributed by atoms with Crippen LogP contribution in [0.25, 0.3) is 15.5 Å². The molecule has 3 aromatic rings. The number of likely N-dealkylation sites (tertiary alicyclic amines) is 1. The molecule has 0 radical (unpaired) electrons. The number of fused-ring (bicyclic) bond motifs is 1. The molecule has 0 amide bonds. The second-order valence-corrected chi connectivity index (χ2v) is 7.23. The molecule has 4 rings (SSSR count). The van der Waals surface area contributed by atoms with Gasteiger partial charge in [-0.3, -0.25) is 0 Å². The standard InChI is InChI=1S/C17H21N5O2S/c1-21-9-7-11(8-10-21)15-18-19-17-22(15)20-16(25-17)12-5-4-6-13(23-2)14(12)24-3/h4-6,11H,7-10H2,1-3H3. The van der Waals surface area contributed by atoms with Crippen molar-refractivity contribution in [3.05, 3.63) is 24.0 Å². The quantitative estimate of drug-likeness (QED) is 0.714. The number of benzene rings is 1. The molecular formula is C17H21N5O2S. The number of rotatable bonds is 4. The number of piperidine rings is 1. The zero-order valence-electron chi connectivity index (χ0n) is 14.6. The lowest BCUT2D eigenvalue weighted by Gasteiger charge is -2.27. The molecule has 0 N–H and O–H groups in total. The molecule has 1 aromatic carbocycles. The first-order valence-corrected chi connectivity index (χ1v) is 9.15. The van der Waals surface area contributed by atoms with Crippen LogP contribution in [0.4, 0.5) is 0 Å². The van der Waals surface area contributed by atoms with Gasteiger partial charge in [0.25, 0.3) is 0 Å². The Hall–Kier alpha value is -2.19. The van der Waals surface area contributed by atoms with Gasteiger partial charge in [0.2, 0.25) is 4.96 Å². The summed E-state index contributed by atoms with van der Waals surface area (Å²) in [5.74, 6) is 2.76. The van der Waals surface area contributed by atoms with Gasteiger partial charge in [-0.25, -0.2) is 0 Å². The Balaban J connectivity index is 1.74. The number of nitrogens with zero attached hydrogens (tertiary/aromatic N) is 5. The largest absolute Gasteiger partial charge is 0.493 e. The van der Waals surface area contributed by atoms with Crippen LogP contribution in [0.15, 0.2) is 18.2 Å². The van der Waals surface area contributed by atoms with Gasteiger partial charge in [0, 0.05) is 5.92 Å². The van der Waals surface area contributed by atoms with E-state index in [1.165, 1.54) is 11.3 Å². The fourth-order valence-electron chi connectivity index (χ4n) is 3.32. The van der Waals surface area contributed by atoms with Crippen LogP contribution < -0.4 is 9.47 Å². The van der Waals surface area contributed by atoms with Gasteiger partial charge in [0.1, 0.15) is 0 Å². The molecule has 0 aliphatic carbocycles. The molecule has 132 valence electrons. The van der Waals surface area contributed by atoms with Crippen molar-refractivity contribution in [2.75, 3.05) is 34.4 Å². The third kappa shape index (κ3) is 2.85. The number of para-hydroxylation sites is 1. The maximum Gasteiger partial charge on any atom is 0.234 e. The van der Waals surface area contributed by atoms with Crippen molar-refractivity contribution in [1.29, 1.82) is 0 Å². The van der Waals surface area contributed by atoms with E-state index in [4.69, 9.17) is 14.6 Å². The summed E-state index contributed by atoms with van der Waals surface area (Å²) < 4.78 is 12.8. The Bertz CT molecular complexity index is 882. The Morgan fingerprint density at radius 1 is 1.12 bits per heavy atom. The van der Waals surface area contributed by atoms with Gasteiger partial charge in [-0.1, -0.05) is 17.4 Å². The smallest absolute Gasteiger partial charge is 0.234 e. The summed E-state index contributed by atoms with van der Waals surface area (Å²) in [5.41, 5.74) is 0.909. The van der Waals surface area contributed by atoms with E-state index < -0.39 is 0 Å². The highest BCUT2D eigenvalue weighted by Crippen LogP contribution is 2.39. The molecule has 0 saturated carbocycles. The summed E-state index contributed by atoms with van der Waals surface area (Å²) in [5, 5.41) is 14.4. The van der Waals surface area contributed by atoms with Gasteiger partial charge >= 0.3 is 0 Å². The Kier molecular flexibility index (Phi) is 4.30. The lowest BCUT2D eigenvalue weighted by Crippen LogP contribution is -2.30. The topological polar surface area (TPSA) is 64.8 Å². The maximum absolute atomic E-state index is 5.54. The lowest BCUT2D eigenvalue weighted by atomic mass is 9.96. The van der Waals surface area contributed by atoms with Crippen LogP contribution in [0.1, 0.15) is 24.6 Å². The van der Waals surface area contributed by atoms with Crippen LogP contribution >= 0.6 is 11.3 Å². The van der Waals surface area contributed by atoms with Gasteiger partial charge in [0.15, 0.2) is 22.3 Å². The average Bonchev–Trinajstić information content (AvgIpc) is 3.22. The van der Waals surface area contributed by atoms with Crippen LogP contribution in [0.3, 0.4) is 0 Å². The average molecular weight is 359 g/mol. The predicted octanol–water partition coefficient (Wildman–Crippen LogP) is 2.68. The van der Waals surface area contributed by atoms with Crippen LogP contribution in [0.2, 0.25) is 0 Å². The van der Waals surface area contributed by atoms with Crippen molar-refractivity contribution in [2.45, 2.75) is 18.8 Å². The second kappa shape index (κ2) is 6.61. The normalized spacial score (nSPS) is 16.4. The van der Waals surface area contributed by atoms with E-state index in [9.17, 15) is 0 Å². The van der Waals surface area contributed by atoms with Crippen molar-refractivity contribution < 1.29 is 9.47 Å². The summed E-state index contributed by atoms with van der Waals surface area (Å²) >= 11 is 1.52. The monoisotopic (exact) mass is 359 g/mol. The molecule has 0 atom stereocenters. The Morgan fingerprint density at radius 2 is 1.92 bits per heavy atom. The van der Waals surface area contributed by atoms with E-state index in [1.54, 1.807) is 14.2 Å². The molecule has 25 heavy (non-hydrogen) atoms. The minimum Gasteiger partial charge on any atom is -0.493 e. The van der Waals surface area contributed by atoms with Crippen molar-refractivity contribution >= 4 is 16.3 Å². The number of hydrogen-bond acceptors (Lipinski definition) is 7. The molecule has 8 heteroatoms. The third-order valence-corrected chi connectivity index (χ3v) is 5.66. The summed E-state index contributed by atoms with van der Waals surface area (Å²) in [7, 11) is 5.44. The van der Waals surface area contributed by atoms with E-state index >= 15 is 0 Å². The summed E-state index contributed by atoms with van der Waals surface area (Å²) in [6.45, 7) is 2.17. The molecule has 1 saturated heterocycles. The first-order valence-electron chi connectivity index (χ1n) is 8.33. The molecule has 1 aliphatic heterocycles. The molecule has 3 heterocycles. The number of ether oxygens (including phenoxy) is 2. The van der Waals surface area contributed by atoms with Gasteiger partial charge in [0.05, 0.1) is 19.8 Å². The van der Waals surface area contributed by atoms with E-state index in [0.717, 1.165) is 47.3 Å². The van der Waals surface area contributed by atoms with Crippen molar-refractivity contribution in [2.24, 2.45) is 0 Å². The molecule has 2 aromatic heterocycles. The van der Waals surface area contributed by atoms with E-state index in [-0.39, 0.29) is 0 Å². The molecule has 0 unspecified atom stereocenters. The van der Waals surface area contributed by atoms with E-state index in [2.05, 4.69) is 22.1 Å². The highest BCUT2D eigenvalue weighted by Gasteiger charge is 2.25. The van der Waals surface area contributed by atoms with Crippen molar-refractivity contribution in [1.82, 2.24) is 24.7 Å². The summed E-state index contributed by atoms with van der Waals surface area (Å²) in [6.07, 6.45) is 2.18. The van der Waals surface area contributed by atoms with Crippen molar-refractivity contribution in [3.8, 4) is 22.1 Å². The second-order valence-electron chi connectivity index (χ2n) is 6.28. The van der Waals surface area contributed by atoms with E-state index in [0.29, 0.717) is 17.4 Å². The number of methoxy groups -OCH3 is 2. The molecule has 1 aliphatic rings. The predicted molar refractivity (Wildman–Crippen MR) is 96.7 cm³/mol. The summed E-state index contributed by atoms with van der Waals surface area (Å²) in [6, 6.07) is 5.81. The molecular weight excluding hydrogens is 338 g/mol. The molecule has 1 fully saturated rings. The third-order valence-electron chi connectivity index (χ3n) is 4.73. The zero-order valence-corrected chi connectivity index (χ0v) is 15.4. The van der Waals surface area contributed by atoms with Crippen LogP contribution in [0.5, 0.6) is 11.5 Å². The van der Waals surface area contributed by atoms with E-state index in [1.807, 2.05) is 22.7 Å². The fourth-order valence-corrected chi connectivity index (χ4v) is 4.19. The van der Waals surface area contributed by atoms with Crippen molar-refractivity contribution in [3.63, 3.8) is 0 Å². The maximum atomic E-state index is 5.54. The van der Waals surface area contributed by atoms with Gasteiger partial charge in [-0.15, -0.1) is 10.2 Å². The lowest BCUT2D eigenvalue weighted by molar-refractivity contribution is 0.250. The van der Waals surface area contributed by atoms with Gasteiger partial charge < -0.3 is 14.4 Å². The molecule has 0 bridgehead atoms. The van der Waals surface area contributed by atoms with Gasteiger partial charge in [-0.05, 0) is 45.1 Å². The Morgan fingerprint density at radius 3 is 2.64 bits per heavy atom. The number of hydrogen-bond donors (Lipinski definition) is 0. The minimum absolute atomic E-state index is 0.411. The first kappa shape index (κ1) is 16.3. The highest BCUT2D eigenvalue weighted by atomic mass is 32.1. The van der Waals surface area contributed by atoms with Crippen LogP contribution in [-0.2, 0) is 0 Å². The molecule has 0 spiro atoms. The van der Waals surface area contributed by atoms with Crippen LogP contribution in [0, 0.1) is 0 Å².